The molecule has 2 heterocycles. The maximum Gasteiger partial charge on any atom is 0.412 e. The van der Waals surface area contributed by atoms with Crippen molar-refractivity contribution < 1.29 is 19.0 Å². The number of carbonyl (C=O) groups excluding carboxylic acids is 1. The SMILES string of the molecule is CC(C)(C)OC(=O)N1C(Cc2ccc(Oc3ccc4ccccc4n3)cc2)COC1(C)C. The van der Waals surface area contributed by atoms with Crippen LogP contribution in [0.3, 0.4) is 0 Å². The van der Waals surface area contributed by atoms with Crippen molar-refractivity contribution in [3.05, 3.63) is 66.2 Å². The molecule has 3 aromatic rings. The molecule has 1 fully saturated rings. The van der Waals surface area contributed by atoms with Crippen LogP contribution in [0.15, 0.2) is 60.7 Å². The predicted molar refractivity (Wildman–Crippen MR) is 124 cm³/mol. The molecule has 0 bridgehead atoms. The molecule has 1 saturated heterocycles. The topological polar surface area (TPSA) is 60.9 Å². The molecule has 1 unspecified atom stereocenters. The van der Waals surface area contributed by atoms with Gasteiger partial charge in [-0.15, -0.1) is 0 Å². The summed E-state index contributed by atoms with van der Waals surface area (Å²) in [6.07, 6.45) is 0.310. The Balaban J connectivity index is 1.44. The smallest absolute Gasteiger partial charge is 0.412 e. The van der Waals surface area contributed by atoms with Crippen molar-refractivity contribution in [2.45, 2.75) is 58.4 Å². The highest BCUT2D eigenvalue weighted by Crippen LogP contribution is 2.31. The normalized spacial score (nSPS) is 18.0. The zero-order chi connectivity index (χ0) is 22.9. The number of fused-ring (bicyclic) bond motifs is 1. The fraction of sp³-hybridized carbons (Fsp3) is 0.385. The van der Waals surface area contributed by atoms with Gasteiger partial charge in [0.25, 0.3) is 0 Å². The Morgan fingerprint density at radius 1 is 1.09 bits per heavy atom. The molecule has 2 aromatic carbocycles. The van der Waals surface area contributed by atoms with Crippen LogP contribution in [0.5, 0.6) is 11.6 Å². The lowest BCUT2D eigenvalue weighted by molar-refractivity contribution is -0.0624. The van der Waals surface area contributed by atoms with Gasteiger partial charge in [-0.3, -0.25) is 4.90 Å². The van der Waals surface area contributed by atoms with Gasteiger partial charge in [-0.05, 0) is 70.9 Å². The van der Waals surface area contributed by atoms with E-state index >= 15 is 0 Å². The summed E-state index contributed by atoms with van der Waals surface area (Å²) in [6, 6.07) is 19.6. The number of para-hydroxylation sites is 1. The zero-order valence-corrected chi connectivity index (χ0v) is 19.3. The van der Waals surface area contributed by atoms with Crippen molar-refractivity contribution in [2.75, 3.05) is 6.61 Å². The second-order valence-electron chi connectivity index (χ2n) is 9.55. The number of nitrogens with zero attached hydrogens (tertiary/aromatic N) is 2. The van der Waals surface area contributed by atoms with E-state index in [1.165, 1.54) is 0 Å². The van der Waals surface area contributed by atoms with E-state index in [1.54, 1.807) is 4.90 Å². The number of ether oxygens (including phenoxy) is 3. The molecular weight excluding hydrogens is 404 g/mol. The first-order valence-electron chi connectivity index (χ1n) is 10.9. The fourth-order valence-corrected chi connectivity index (χ4v) is 3.90. The van der Waals surface area contributed by atoms with Gasteiger partial charge in [-0.1, -0.05) is 30.3 Å². The fourth-order valence-electron chi connectivity index (χ4n) is 3.90. The molecule has 6 nitrogen and oxygen atoms in total. The minimum atomic E-state index is -0.711. The van der Waals surface area contributed by atoms with Gasteiger partial charge in [0, 0.05) is 11.5 Å². The van der Waals surface area contributed by atoms with Gasteiger partial charge in [0.05, 0.1) is 18.2 Å². The Bertz CT molecular complexity index is 1100. The molecule has 0 saturated carbocycles. The largest absolute Gasteiger partial charge is 0.444 e. The quantitative estimate of drug-likeness (QED) is 0.508. The van der Waals surface area contributed by atoms with Crippen molar-refractivity contribution in [3.8, 4) is 11.6 Å². The highest BCUT2D eigenvalue weighted by atomic mass is 16.6. The maximum absolute atomic E-state index is 12.8. The van der Waals surface area contributed by atoms with E-state index in [0.717, 1.165) is 16.5 Å². The van der Waals surface area contributed by atoms with Crippen molar-refractivity contribution in [2.24, 2.45) is 0 Å². The van der Waals surface area contributed by atoms with E-state index in [1.807, 2.05) is 95.3 Å². The average molecular weight is 435 g/mol. The van der Waals surface area contributed by atoms with E-state index in [9.17, 15) is 4.79 Å². The van der Waals surface area contributed by atoms with Crippen LogP contribution in [0.25, 0.3) is 10.9 Å². The Morgan fingerprint density at radius 2 is 1.81 bits per heavy atom. The molecule has 1 amide bonds. The standard InChI is InChI=1S/C26H30N2O4/c1-25(2,3)32-24(29)28-20(17-30-26(28,4)5)16-18-10-13-21(14-11-18)31-23-15-12-19-8-6-7-9-22(19)27-23/h6-15,20H,16-17H2,1-5H3. The molecule has 1 aromatic heterocycles. The van der Waals surface area contributed by atoms with Gasteiger partial charge in [0.1, 0.15) is 17.1 Å². The molecule has 168 valence electrons. The van der Waals surface area contributed by atoms with Gasteiger partial charge in [-0.2, -0.15) is 0 Å². The van der Waals surface area contributed by atoms with Gasteiger partial charge in [0.15, 0.2) is 0 Å². The summed E-state index contributed by atoms with van der Waals surface area (Å²) in [4.78, 5) is 19.1. The molecule has 0 radical (unpaired) electrons. The van der Waals surface area contributed by atoms with E-state index in [2.05, 4.69) is 4.98 Å². The number of aromatic nitrogens is 1. The summed E-state index contributed by atoms with van der Waals surface area (Å²) in [6.45, 7) is 9.85. The number of hydrogen-bond donors (Lipinski definition) is 0. The minimum Gasteiger partial charge on any atom is -0.444 e. The lowest BCUT2D eigenvalue weighted by Gasteiger charge is -2.35. The second-order valence-corrected chi connectivity index (χ2v) is 9.55. The minimum absolute atomic E-state index is 0.103. The number of rotatable bonds is 4. The van der Waals surface area contributed by atoms with E-state index in [0.29, 0.717) is 24.7 Å². The molecule has 0 N–H and O–H groups in total. The Morgan fingerprint density at radius 3 is 2.53 bits per heavy atom. The number of carbonyl (C=O) groups is 1. The first-order valence-corrected chi connectivity index (χ1v) is 10.9. The number of hydrogen-bond acceptors (Lipinski definition) is 5. The highest BCUT2D eigenvalue weighted by molar-refractivity contribution is 5.78. The summed E-state index contributed by atoms with van der Waals surface area (Å²) < 4.78 is 17.5. The van der Waals surface area contributed by atoms with Crippen molar-refractivity contribution >= 4 is 17.0 Å². The monoisotopic (exact) mass is 434 g/mol. The predicted octanol–water partition coefficient (Wildman–Crippen LogP) is 5.94. The lowest BCUT2D eigenvalue weighted by atomic mass is 10.0. The molecule has 1 aliphatic rings. The number of amides is 1. The number of pyridine rings is 1. The van der Waals surface area contributed by atoms with Crippen LogP contribution in [0.1, 0.15) is 40.2 Å². The third-order valence-corrected chi connectivity index (χ3v) is 5.35. The van der Waals surface area contributed by atoms with Crippen LogP contribution in [-0.4, -0.2) is 40.0 Å². The van der Waals surface area contributed by atoms with Crippen molar-refractivity contribution in [1.29, 1.82) is 0 Å². The molecule has 1 atom stereocenters. The average Bonchev–Trinajstić information content (AvgIpc) is 3.02. The molecular formula is C26H30N2O4. The summed E-state index contributed by atoms with van der Waals surface area (Å²) >= 11 is 0. The van der Waals surface area contributed by atoms with Crippen LogP contribution in [0.4, 0.5) is 4.79 Å². The summed E-state index contributed by atoms with van der Waals surface area (Å²) in [5.41, 5.74) is 0.713. The number of benzene rings is 2. The van der Waals surface area contributed by atoms with Crippen LogP contribution in [-0.2, 0) is 15.9 Å². The molecule has 6 heteroatoms. The Kier molecular flexibility index (Phi) is 5.82. The Hall–Kier alpha value is -3.12. The summed E-state index contributed by atoms with van der Waals surface area (Å²) in [7, 11) is 0. The lowest BCUT2D eigenvalue weighted by Crippen LogP contribution is -2.50. The molecule has 0 spiro atoms. The third kappa shape index (κ3) is 5.02. The molecule has 1 aliphatic heterocycles. The third-order valence-electron chi connectivity index (χ3n) is 5.35. The van der Waals surface area contributed by atoms with Crippen LogP contribution < -0.4 is 4.74 Å². The van der Waals surface area contributed by atoms with Crippen molar-refractivity contribution in [3.63, 3.8) is 0 Å². The van der Waals surface area contributed by atoms with E-state index < -0.39 is 11.3 Å². The van der Waals surface area contributed by atoms with Gasteiger partial charge < -0.3 is 14.2 Å². The zero-order valence-electron chi connectivity index (χ0n) is 19.3. The molecule has 0 aliphatic carbocycles. The second kappa shape index (κ2) is 8.43. The Labute approximate surface area is 189 Å². The van der Waals surface area contributed by atoms with Crippen LogP contribution in [0.2, 0.25) is 0 Å². The maximum atomic E-state index is 12.8. The first-order chi connectivity index (χ1) is 15.1. The van der Waals surface area contributed by atoms with E-state index in [4.69, 9.17) is 14.2 Å². The van der Waals surface area contributed by atoms with E-state index in [-0.39, 0.29) is 12.1 Å². The van der Waals surface area contributed by atoms with Gasteiger partial charge in [0.2, 0.25) is 5.88 Å². The van der Waals surface area contributed by atoms with Crippen LogP contribution in [0, 0.1) is 0 Å². The van der Waals surface area contributed by atoms with Crippen LogP contribution >= 0.6 is 0 Å². The summed E-state index contributed by atoms with van der Waals surface area (Å²) in [5.74, 6) is 1.27. The van der Waals surface area contributed by atoms with Gasteiger partial charge >= 0.3 is 6.09 Å². The highest BCUT2D eigenvalue weighted by Gasteiger charge is 2.45. The van der Waals surface area contributed by atoms with Gasteiger partial charge in [-0.25, -0.2) is 9.78 Å². The first kappa shape index (κ1) is 22.1. The molecule has 32 heavy (non-hydrogen) atoms. The summed E-state index contributed by atoms with van der Waals surface area (Å²) in [5, 5.41) is 1.08. The van der Waals surface area contributed by atoms with Crippen molar-refractivity contribution in [1.82, 2.24) is 9.88 Å². The molecule has 4 rings (SSSR count).